The molecule has 0 heterocycles. The van der Waals surface area contributed by atoms with E-state index in [0.29, 0.717) is 22.0 Å². The number of amides is 1. The number of nitrogens with two attached hydrogens (primary N) is 1. The molecule has 0 saturated carbocycles. The number of nitriles is 1. The molecular weight excluding hydrogens is 356 g/mol. The van der Waals surface area contributed by atoms with Gasteiger partial charge < -0.3 is 10.7 Å². The highest BCUT2D eigenvalue weighted by atomic mass is 79.9. The molecule has 0 aromatic heterocycles. The molecule has 2 aromatic rings. The SMILES string of the molecule is N#Cc1cc(Br)ccc1NC(=O)c1cc(Cl)ccc1NN. The van der Waals surface area contributed by atoms with Crippen molar-refractivity contribution >= 4 is 44.8 Å². The lowest BCUT2D eigenvalue weighted by atomic mass is 10.1. The van der Waals surface area contributed by atoms with Crippen LogP contribution in [0.4, 0.5) is 11.4 Å². The van der Waals surface area contributed by atoms with Crippen LogP contribution in [0.25, 0.3) is 0 Å². The number of anilines is 2. The molecule has 5 nitrogen and oxygen atoms in total. The van der Waals surface area contributed by atoms with Gasteiger partial charge in [-0.2, -0.15) is 5.26 Å². The Morgan fingerprint density at radius 3 is 2.62 bits per heavy atom. The first kappa shape index (κ1) is 15.3. The quantitative estimate of drug-likeness (QED) is 0.573. The van der Waals surface area contributed by atoms with Gasteiger partial charge in [0.25, 0.3) is 5.91 Å². The first-order valence-corrected chi connectivity index (χ1v) is 6.99. The van der Waals surface area contributed by atoms with Gasteiger partial charge in [-0.15, -0.1) is 0 Å². The lowest BCUT2D eigenvalue weighted by Crippen LogP contribution is -2.17. The first-order valence-electron chi connectivity index (χ1n) is 5.82. The van der Waals surface area contributed by atoms with Gasteiger partial charge in [-0.25, -0.2) is 0 Å². The molecule has 0 fully saturated rings. The predicted octanol–water partition coefficient (Wildman–Crippen LogP) is 3.51. The molecule has 0 unspecified atom stereocenters. The van der Waals surface area contributed by atoms with Gasteiger partial charge >= 0.3 is 0 Å². The molecule has 4 N–H and O–H groups in total. The summed E-state index contributed by atoms with van der Waals surface area (Å²) in [5.74, 6) is 4.96. The molecule has 21 heavy (non-hydrogen) atoms. The summed E-state index contributed by atoms with van der Waals surface area (Å²) in [6.07, 6.45) is 0. The van der Waals surface area contributed by atoms with E-state index < -0.39 is 5.91 Å². The molecular formula is C14H10BrClN4O. The molecule has 1 amide bonds. The Balaban J connectivity index is 2.35. The van der Waals surface area contributed by atoms with Crippen LogP contribution in [0.1, 0.15) is 15.9 Å². The summed E-state index contributed by atoms with van der Waals surface area (Å²) in [7, 11) is 0. The minimum Gasteiger partial charge on any atom is -0.323 e. The van der Waals surface area contributed by atoms with Crippen molar-refractivity contribution in [2.24, 2.45) is 5.84 Å². The summed E-state index contributed by atoms with van der Waals surface area (Å²) in [4.78, 5) is 12.3. The normalized spacial score (nSPS) is 9.81. The summed E-state index contributed by atoms with van der Waals surface area (Å²) in [6, 6.07) is 11.7. The molecule has 0 atom stereocenters. The van der Waals surface area contributed by atoms with Crippen molar-refractivity contribution in [2.75, 3.05) is 10.7 Å². The van der Waals surface area contributed by atoms with Crippen LogP contribution >= 0.6 is 27.5 Å². The molecule has 0 radical (unpaired) electrons. The Hall–Kier alpha value is -2.07. The van der Waals surface area contributed by atoms with Crippen molar-refractivity contribution < 1.29 is 4.79 Å². The van der Waals surface area contributed by atoms with Crippen LogP contribution in [0.5, 0.6) is 0 Å². The van der Waals surface area contributed by atoms with Crippen molar-refractivity contribution in [1.29, 1.82) is 5.26 Å². The van der Waals surface area contributed by atoms with Gasteiger partial charge in [0, 0.05) is 9.50 Å². The fourth-order valence-corrected chi connectivity index (χ4v) is 2.27. The lowest BCUT2D eigenvalue weighted by Gasteiger charge is -2.11. The number of hydrogen-bond donors (Lipinski definition) is 3. The van der Waals surface area contributed by atoms with E-state index in [1.165, 1.54) is 6.07 Å². The number of nitrogens with zero attached hydrogens (tertiary/aromatic N) is 1. The fourth-order valence-electron chi connectivity index (χ4n) is 1.74. The minimum absolute atomic E-state index is 0.289. The van der Waals surface area contributed by atoms with Crippen LogP contribution < -0.4 is 16.6 Å². The molecule has 2 rings (SSSR count). The number of carbonyl (C=O) groups is 1. The van der Waals surface area contributed by atoms with Crippen LogP contribution in [-0.4, -0.2) is 5.91 Å². The van der Waals surface area contributed by atoms with Gasteiger partial charge in [-0.3, -0.25) is 10.6 Å². The number of carbonyl (C=O) groups excluding carboxylic acids is 1. The Labute approximate surface area is 134 Å². The Bertz CT molecular complexity index is 742. The molecule has 0 aliphatic rings. The van der Waals surface area contributed by atoms with E-state index in [-0.39, 0.29) is 5.56 Å². The largest absolute Gasteiger partial charge is 0.323 e. The molecule has 0 aliphatic carbocycles. The highest BCUT2D eigenvalue weighted by Crippen LogP contribution is 2.24. The topological polar surface area (TPSA) is 90.9 Å². The number of nitrogen functional groups attached to an aromatic ring is 1. The summed E-state index contributed by atoms with van der Waals surface area (Å²) < 4.78 is 0.754. The zero-order valence-corrected chi connectivity index (χ0v) is 13.0. The molecule has 0 spiro atoms. The first-order chi connectivity index (χ1) is 10.0. The summed E-state index contributed by atoms with van der Waals surface area (Å²) in [5.41, 5.74) is 3.92. The van der Waals surface area contributed by atoms with Crippen molar-refractivity contribution in [3.8, 4) is 6.07 Å². The maximum Gasteiger partial charge on any atom is 0.257 e. The standard InChI is InChI=1S/C14H10BrClN4O/c15-9-1-3-12(8(5-9)7-17)19-14(21)11-6-10(16)2-4-13(11)20-18/h1-6,20H,18H2,(H,19,21). The molecule has 106 valence electrons. The van der Waals surface area contributed by atoms with Crippen molar-refractivity contribution in [1.82, 2.24) is 0 Å². The number of hydrazine groups is 1. The summed E-state index contributed by atoms with van der Waals surface area (Å²) in [6.45, 7) is 0. The predicted molar refractivity (Wildman–Crippen MR) is 86.1 cm³/mol. The highest BCUT2D eigenvalue weighted by Gasteiger charge is 2.14. The van der Waals surface area contributed by atoms with Gasteiger partial charge in [0.15, 0.2) is 0 Å². The van der Waals surface area contributed by atoms with E-state index in [1.807, 2.05) is 6.07 Å². The fraction of sp³-hybridized carbons (Fsp3) is 0. The zero-order chi connectivity index (χ0) is 15.4. The second-order valence-electron chi connectivity index (χ2n) is 4.09. The van der Waals surface area contributed by atoms with E-state index >= 15 is 0 Å². The van der Waals surface area contributed by atoms with Gasteiger partial charge in [0.05, 0.1) is 22.5 Å². The number of nitrogens with one attached hydrogen (secondary N) is 2. The van der Waals surface area contributed by atoms with Crippen molar-refractivity contribution in [3.63, 3.8) is 0 Å². The van der Waals surface area contributed by atoms with Gasteiger partial charge in [-0.1, -0.05) is 27.5 Å². The molecule has 0 aliphatic heterocycles. The van der Waals surface area contributed by atoms with Crippen LogP contribution in [0, 0.1) is 11.3 Å². The van der Waals surface area contributed by atoms with Gasteiger partial charge in [-0.05, 0) is 36.4 Å². The minimum atomic E-state index is -0.413. The van der Waals surface area contributed by atoms with Crippen molar-refractivity contribution in [3.05, 3.63) is 57.0 Å². The highest BCUT2D eigenvalue weighted by molar-refractivity contribution is 9.10. The van der Waals surface area contributed by atoms with E-state index in [0.717, 1.165) is 4.47 Å². The summed E-state index contributed by atoms with van der Waals surface area (Å²) >= 11 is 9.17. The average molecular weight is 366 g/mol. The second kappa shape index (κ2) is 6.59. The zero-order valence-electron chi connectivity index (χ0n) is 10.7. The van der Waals surface area contributed by atoms with Crippen LogP contribution in [-0.2, 0) is 0 Å². The average Bonchev–Trinajstić information content (AvgIpc) is 2.48. The monoisotopic (exact) mass is 364 g/mol. The molecule has 7 heteroatoms. The molecule has 2 aromatic carbocycles. The molecule has 0 saturated heterocycles. The third-order valence-electron chi connectivity index (χ3n) is 2.73. The second-order valence-corrected chi connectivity index (χ2v) is 5.44. The van der Waals surface area contributed by atoms with Gasteiger partial charge in [0.2, 0.25) is 0 Å². The molecule has 0 bridgehead atoms. The lowest BCUT2D eigenvalue weighted by molar-refractivity contribution is 0.102. The number of halogens is 2. The smallest absolute Gasteiger partial charge is 0.257 e. The Morgan fingerprint density at radius 2 is 1.95 bits per heavy atom. The Kier molecular flexibility index (Phi) is 4.81. The number of rotatable bonds is 3. The third kappa shape index (κ3) is 3.52. The van der Waals surface area contributed by atoms with E-state index in [2.05, 4.69) is 26.7 Å². The third-order valence-corrected chi connectivity index (χ3v) is 3.46. The van der Waals surface area contributed by atoms with Crippen LogP contribution in [0.3, 0.4) is 0 Å². The maximum atomic E-state index is 12.3. The Morgan fingerprint density at radius 1 is 1.24 bits per heavy atom. The van der Waals surface area contributed by atoms with Crippen LogP contribution in [0.15, 0.2) is 40.9 Å². The van der Waals surface area contributed by atoms with E-state index in [4.69, 9.17) is 22.7 Å². The van der Waals surface area contributed by atoms with Crippen molar-refractivity contribution in [2.45, 2.75) is 0 Å². The van der Waals surface area contributed by atoms with Crippen LogP contribution in [0.2, 0.25) is 5.02 Å². The van der Waals surface area contributed by atoms with Gasteiger partial charge in [0.1, 0.15) is 6.07 Å². The summed E-state index contributed by atoms with van der Waals surface area (Å²) in [5, 5.41) is 12.2. The maximum absolute atomic E-state index is 12.3. The van der Waals surface area contributed by atoms with E-state index in [9.17, 15) is 4.79 Å². The van der Waals surface area contributed by atoms with E-state index in [1.54, 1.807) is 30.3 Å². The number of benzene rings is 2. The number of hydrogen-bond acceptors (Lipinski definition) is 4.